The number of likely N-dealkylation sites (tertiary alicyclic amines) is 1. The molecule has 0 bridgehead atoms. The number of hydrogen-bond acceptors (Lipinski definition) is 4. The van der Waals surface area contributed by atoms with Gasteiger partial charge in [-0.15, -0.1) is 0 Å². The van der Waals surface area contributed by atoms with Gasteiger partial charge in [-0.25, -0.2) is 8.42 Å². The smallest absolute Gasteiger partial charge is 0.253 e. The van der Waals surface area contributed by atoms with Crippen LogP contribution in [0.25, 0.3) is 0 Å². The first kappa shape index (κ1) is 21.8. The number of rotatable bonds is 6. The summed E-state index contributed by atoms with van der Waals surface area (Å²) in [7, 11) is -3.62. The fraction of sp³-hybridized carbons (Fsp3) is 0.619. The monoisotopic (exact) mass is 421 g/mol. The van der Waals surface area contributed by atoms with Gasteiger partial charge in [0.2, 0.25) is 15.9 Å². The molecule has 7 nitrogen and oxygen atoms in total. The fourth-order valence-electron chi connectivity index (χ4n) is 4.37. The van der Waals surface area contributed by atoms with E-state index in [-0.39, 0.29) is 28.7 Å². The molecule has 2 atom stereocenters. The predicted molar refractivity (Wildman–Crippen MR) is 111 cm³/mol. The molecule has 0 saturated carbocycles. The first-order valence-corrected chi connectivity index (χ1v) is 11.9. The Labute approximate surface area is 173 Å². The second-order valence-electron chi connectivity index (χ2n) is 8.25. The number of piperidine rings is 2. The van der Waals surface area contributed by atoms with Crippen LogP contribution in [0.4, 0.5) is 0 Å². The van der Waals surface area contributed by atoms with Crippen molar-refractivity contribution < 1.29 is 18.0 Å². The molecule has 0 spiro atoms. The molecular weight excluding hydrogens is 390 g/mol. The lowest BCUT2D eigenvalue weighted by molar-refractivity contribution is -0.118. The van der Waals surface area contributed by atoms with E-state index >= 15 is 0 Å². The molecule has 2 amide bonds. The normalized spacial score (nSPS) is 23.7. The minimum Gasteiger partial charge on any atom is -0.370 e. The number of nitrogens with two attached hydrogens (primary N) is 1. The highest BCUT2D eigenvalue weighted by atomic mass is 32.2. The van der Waals surface area contributed by atoms with Gasteiger partial charge in [-0.3, -0.25) is 9.59 Å². The van der Waals surface area contributed by atoms with Crippen LogP contribution in [0.3, 0.4) is 0 Å². The Morgan fingerprint density at radius 2 is 1.93 bits per heavy atom. The summed E-state index contributed by atoms with van der Waals surface area (Å²) < 4.78 is 27.8. The third kappa shape index (κ3) is 5.17. The van der Waals surface area contributed by atoms with Crippen LogP contribution in [0, 0.1) is 5.92 Å². The summed E-state index contributed by atoms with van der Waals surface area (Å²) in [6.07, 6.45) is 5.62. The Bertz CT molecular complexity index is 855. The summed E-state index contributed by atoms with van der Waals surface area (Å²) in [4.78, 5) is 26.0. The lowest BCUT2D eigenvalue weighted by Gasteiger charge is -2.33. The maximum Gasteiger partial charge on any atom is 0.253 e. The van der Waals surface area contributed by atoms with Gasteiger partial charge in [-0.05, 0) is 63.1 Å². The number of sulfonamides is 1. The molecule has 2 heterocycles. The fourth-order valence-corrected chi connectivity index (χ4v) is 6.11. The summed E-state index contributed by atoms with van der Waals surface area (Å²) in [6, 6.07) is 6.36. The quantitative estimate of drug-likeness (QED) is 0.762. The molecule has 160 valence electrons. The Kier molecular flexibility index (Phi) is 6.95. The van der Waals surface area contributed by atoms with Gasteiger partial charge in [0.1, 0.15) is 0 Å². The van der Waals surface area contributed by atoms with Gasteiger partial charge in [0.25, 0.3) is 5.91 Å². The zero-order valence-electron chi connectivity index (χ0n) is 17.0. The minimum absolute atomic E-state index is 0.0267. The van der Waals surface area contributed by atoms with Crippen LogP contribution in [0.15, 0.2) is 29.2 Å². The van der Waals surface area contributed by atoms with Crippen molar-refractivity contribution in [1.82, 2.24) is 9.21 Å². The van der Waals surface area contributed by atoms with Crippen molar-refractivity contribution in [3.8, 4) is 0 Å². The van der Waals surface area contributed by atoms with Gasteiger partial charge in [0.05, 0.1) is 4.90 Å². The van der Waals surface area contributed by atoms with E-state index in [2.05, 4.69) is 0 Å². The van der Waals surface area contributed by atoms with Crippen LogP contribution >= 0.6 is 0 Å². The van der Waals surface area contributed by atoms with Gasteiger partial charge < -0.3 is 10.6 Å². The number of carbonyl (C=O) groups excluding carboxylic acids is 2. The lowest BCUT2D eigenvalue weighted by Crippen LogP contribution is -2.42. The SMILES string of the molecule is CC1CCCCN1S(=O)(=O)c1cccc(C(=O)N2CCCC(CCC(N)=O)C2)c1. The number of primary amides is 1. The molecule has 2 N–H and O–H groups in total. The van der Waals surface area contributed by atoms with Gasteiger partial charge in [0.15, 0.2) is 0 Å². The van der Waals surface area contributed by atoms with Gasteiger partial charge in [0, 0.05) is 37.7 Å². The van der Waals surface area contributed by atoms with Crippen molar-refractivity contribution in [2.75, 3.05) is 19.6 Å². The number of carbonyl (C=O) groups is 2. The summed E-state index contributed by atoms with van der Waals surface area (Å²) in [5.41, 5.74) is 5.64. The highest BCUT2D eigenvalue weighted by Crippen LogP contribution is 2.27. The molecule has 29 heavy (non-hydrogen) atoms. The zero-order chi connectivity index (χ0) is 21.0. The van der Waals surface area contributed by atoms with Crippen molar-refractivity contribution in [1.29, 1.82) is 0 Å². The summed E-state index contributed by atoms with van der Waals surface area (Å²) in [6.45, 7) is 3.68. The van der Waals surface area contributed by atoms with Crippen molar-refractivity contribution in [3.63, 3.8) is 0 Å². The number of amides is 2. The number of nitrogens with zero attached hydrogens (tertiary/aromatic N) is 2. The first-order valence-electron chi connectivity index (χ1n) is 10.5. The summed E-state index contributed by atoms with van der Waals surface area (Å²) in [5, 5.41) is 0. The highest BCUT2D eigenvalue weighted by molar-refractivity contribution is 7.89. The van der Waals surface area contributed by atoms with E-state index in [1.54, 1.807) is 27.4 Å². The lowest BCUT2D eigenvalue weighted by atomic mass is 9.93. The highest BCUT2D eigenvalue weighted by Gasteiger charge is 2.32. The number of hydrogen-bond donors (Lipinski definition) is 1. The first-order chi connectivity index (χ1) is 13.8. The largest absolute Gasteiger partial charge is 0.370 e. The average Bonchev–Trinajstić information content (AvgIpc) is 2.72. The molecule has 1 aromatic rings. The maximum absolute atomic E-state index is 13.1. The van der Waals surface area contributed by atoms with E-state index < -0.39 is 10.0 Å². The van der Waals surface area contributed by atoms with E-state index in [0.717, 1.165) is 32.1 Å². The Balaban J connectivity index is 1.74. The molecule has 1 aromatic carbocycles. The number of benzene rings is 1. The molecular formula is C21H31N3O4S. The second kappa shape index (κ2) is 9.26. The second-order valence-corrected chi connectivity index (χ2v) is 10.1. The van der Waals surface area contributed by atoms with Crippen molar-refractivity contribution in [2.45, 2.75) is 62.8 Å². The van der Waals surface area contributed by atoms with Crippen LogP contribution in [0.2, 0.25) is 0 Å². The molecule has 2 unspecified atom stereocenters. The Morgan fingerprint density at radius 3 is 2.66 bits per heavy atom. The molecule has 0 aromatic heterocycles. The average molecular weight is 422 g/mol. The van der Waals surface area contributed by atoms with Crippen LogP contribution in [-0.4, -0.2) is 55.1 Å². The molecule has 2 aliphatic heterocycles. The Morgan fingerprint density at radius 1 is 1.14 bits per heavy atom. The topological polar surface area (TPSA) is 101 Å². The van der Waals surface area contributed by atoms with E-state index in [0.29, 0.717) is 38.0 Å². The van der Waals surface area contributed by atoms with Crippen molar-refractivity contribution in [3.05, 3.63) is 29.8 Å². The van der Waals surface area contributed by atoms with E-state index in [1.807, 2.05) is 6.92 Å². The molecule has 8 heteroatoms. The van der Waals surface area contributed by atoms with Crippen molar-refractivity contribution >= 4 is 21.8 Å². The zero-order valence-corrected chi connectivity index (χ0v) is 17.9. The molecule has 0 aliphatic carbocycles. The minimum atomic E-state index is -3.62. The van der Waals surface area contributed by atoms with Crippen LogP contribution in [0.5, 0.6) is 0 Å². The third-order valence-electron chi connectivity index (χ3n) is 6.03. The van der Waals surface area contributed by atoms with E-state index in [4.69, 9.17) is 5.73 Å². The molecule has 2 saturated heterocycles. The molecule has 3 rings (SSSR count). The third-order valence-corrected chi connectivity index (χ3v) is 8.04. The van der Waals surface area contributed by atoms with E-state index in [9.17, 15) is 18.0 Å². The van der Waals surface area contributed by atoms with Gasteiger partial charge >= 0.3 is 0 Å². The molecule has 0 radical (unpaired) electrons. The van der Waals surface area contributed by atoms with Crippen LogP contribution in [-0.2, 0) is 14.8 Å². The van der Waals surface area contributed by atoms with Gasteiger partial charge in [-0.1, -0.05) is 12.5 Å². The molecule has 2 fully saturated rings. The Hall–Kier alpha value is -1.93. The van der Waals surface area contributed by atoms with Crippen LogP contribution < -0.4 is 5.73 Å². The predicted octanol–water partition coefficient (Wildman–Crippen LogP) is 2.37. The van der Waals surface area contributed by atoms with Crippen molar-refractivity contribution in [2.24, 2.45) is 11.7 Å². The maximum atomic E-state index is 13.1. The summed E-state index contributed by atoms with van der Waals surface area (Å²) >= 11 is 0. The standard InChI is InChI=1S/C21H31N3O4S/c1-16-6-2-3-13-24(16)29(27,28)19-9-4-8-18(14-19)21(26)23-12-5-7-17(15-23)10-11-20(22)25/h4,8-9,14,16-17H,2-3,5-7,10-13,15H2,1H3,(H2,22,25). The van der Waals surface area contributed by atoms with E-state index in [1.165, 1.54) is 6.07 Å². The van der Waals surface area contributed by atoms with Gasteiger partial charge in [-0.2, -0.15) is 4.31 Å². The van der Waals surface area contributed by atoms with Crippen LogP contribution in [0.1, 0.15) is 62.2 Å². The molecule has 2 aliphatic rings. The summed E-state index contributed by atoms with van der Waals surface area (Å²) in [5.74, 6) is -0.225.